The first-order valence-corrected chi connectivity index (χ1v) is 6.97. The number of methoxy groups -OCH3 is 1. The molecule has 2 rings (SSSR count). The molecular formula is C14H17NO3S. The van der Waals surface area contributed by atoms with Crippen LogP contribution in [-0.2, 0) is 4.74 Å². The minimum absolute atomic E-state index is 0.0236. The van der Waals surface area contributed by atoms with E-state index in [0.717, 1.165) is 5.76 Å². The molecule has 2 aromatic heterocycles. The van der Waals surface area contributed by atoms with Crippen LogP contribution in [0.5, 0.6) is 0 Å². The highest BCUT2D eigenvalue weighted by atomic mass is 32.1. The van der Waals surface area contributed by atoms with Gasteiger partial charge in [0.05, 0.1) is 13.2 Å². The van der Waals surface area contributed by atoms with Gasteiger partial charge in [-0.1, -0.05) is 6.07 Å². The maximum absolute atomic E-state index is 11.3. The van der Waals surface area contributed by atoms with Crippen molar-refractivity contribution in [1.29, 1.82) is 0 Å². The third kappa shape index (κ3) is 3.24. The lowest BCUT2D eigenvalue weighted by atomic mass is 10.2. The van der Waals surface area contributed by atoms with Gasteiger partial charge in [-0.3, -0.25) is 0 Å². The Morgan fingerprint density at radius 1 is 1.32 bits per heavy atom. The van der Waals surface area contributed by atoms with Crippen molar-refractivity contribution in [3.63, 3.8) is 0 Å². The van der Waals surface area contributed by atoms with Crippen LogP contribution in [-0.4, -0.2) is 13.1 Å². The predicted octanol–water partition coefficient (Wildman–Crippen LogP) is 3.54. The molecule has 19 heavy (non-hydrogen) atoms. The first-order chi connectivity index (χ1) is 9.11. The molecule has 0 spiro atoms. The summed E-state index contributed by atoms with van der Waals surface area (Å²) >= 11 is 1.71. The van der Waals surface area contributed by atoms with Crippen LogP contribution < -0.4 is 5.32 Å². The molecule has 0 aliphatic rings. The van der Waals surface area contributed by atoms with E-state index < -0.39 is 5.97 Å². The summed E-state index contributed by atoms with van der Waals surface area (Å²) in [4.78, 5) is 12.6. The number of rotatable bonds is 5. The van der Waals surface area contributed by atoms with E-state index in [1.807, 2.05) is 13.0 Å². The summed E-state index contributed by atoms with van der Waals surface area (Å²) in [5.74, 6) is 0.503. The summed E-state index contributed by atoms with van der Waals surface area (Å²) in [5.41, 5.74) is 0. The van der Waals surface area contributed by atoms with E-state index in [-0.39, 0.29) is 17.8 Å². The van der Waals surface area contributed by atoms with Crippen LogP contribution in [0.2, 0.25) is 0 Å². The number of carbonyl (C=O) groups excluding carboxylic acids is 1. The average Bonchev–Trinajstić information content (AvgIpc) is 3.08. The lowest BCUT2D eigenvalue weighted by Crippen LogP contribution is -2.21. The summed E-state index contributed by atoms with van der Waals surface area (Å²) in [5, 5.41) is 5.49. The highest BCUT2D eigenvalue weighted by Gasteiger charge is 2.17. The van der Waals surface area contributed by atoms with E-state index in [1.54, 1.807) is 23.5 Å². The van der Waals surface area contributed by atoms with Gasteiger partial charge in [-0.25, -0.2) is 4.79 Å². The normalized spacial score (nSPS) is 14.1. The maximum atomic E-state index is 11.3. The molecule has 2 heterocycles. The number of furan rings is 1. The third-order valence-electron chi connectivity index (χ3n) is 2.91. The molecule has 0 saturated heterocycles. The van der Waals surface area contributed by atoms with E-state index in [9.17, 15) is 4.79 Å². The number of carbonyl (C=O) groups is 1. The summed E-state index contributed by atoms with van der Waals surface area (Å²) in [7, 11) is 1.34. The van der Waals surface area contributed by atoms with Crippen LogP contribution >= 0.6 is 11.3 Å². The van der Waals surface area contributed by atoms with Crippen molar-refractivity contribution in [1.82, 2.24) is 5.32 Å². The van der Waals surface area contributed by atoms with E-state index in [0.29, 0.717) is 0 Å². The maximum Gasteiger partial charge on any atom is 0.373 e. The van der Waals surface area contributed by atoms with Crippen LogP contribution in [0.4, 0.5) is 0 Å². The number of hydrogen-bond donors (Lipinski definition) is 1. The molecule has 2 aromatic rings. The third-order valence-corrected chi connectivity index (χ3v) is 3.97. The van der Waals surface area contributed by atoms with Crippen molar-refractivity contribution in [2.75, 3.05) is 7.11 Å². The molecule has 0 aliphatic carbocycles. The van der Waals surface area contributed by atoms with E-state index in [1.165, 1.54) is 12.0 Å². The summed E-state index contributed by atoms with van der Waals surface area (Å²) in [6.07, 6.45) is 0. The molecule has 102 valence electrons. The van der Waals surface area contributed by atoms with E-state index >= 15 is 0 Å². The number of ether oxygens (including phenoxy) is 1. The van der Waals surface area contributed by atoms with E-state index in [4.69, 9.17) is 4.42 Å². The standard InChI is InChI=1S/C14H17NO3S/c1-9(15-10(2)13-5-4-8-19-13)11-6-7-12(18-11)14(16)17-3/h4-10,15H,1-3H3/t9?,10-/m1/s1. The van der Waals surface area contributed by atoms with Gasteiger partial charge in [0.1, 0.15) is 5.76 Å². The molecule has 2 atom stereocenters. The van der Waals surface area contributed by atoms with Crippen LogP contribution in [0.15, 0.2) is 34.1 Å². The lowest BCUT2D eigenvalue weighted by molar-refractivity contribution is 0.0562. The Morgan fingerprint density at radius 3 is 2.74 bits per heavy atom. The highest BCUT2D eigenvalue weighted by molar-refractivity contribution is 7.10. The predicted molar refractivity (Wildman–Crippen MR) is 74.3 cm³/mol. The minimum Gasteiger partial charge on any atom is -0.463 e. The number of thiophene rings is 1. The molecule has 0 amide bonds. The number of esters is 1. The monoisotopic (exact) mass is 279 g/mol. The fourth-order valence-corrected chi connectivity index (χ4v) is 2.62. The van der Waals surface area contributed by atoms with Crippen molar-refractivity contribution in [2.24, 2.45) is 0 Å². The fraction of sp³-hybridized carbons (Fsp3) is 0.357. The number of nitrogens with one attached hydrogen (secondary N) is 1. The Morgan fingerprint density at radius 2 is 2.11 bits per heavy atom. The zero-order valence-electron chi connectivity index (χ0n) is 11.2. The Hall–Kier alpha value is -1.59. The molecule has 1 unspecified atom stereocenters. The zero-order chi connectivity index (χ0) is 13.8. The molecule has 0 aliphatic heterocycles. The Balaban J connectivity index is 2.01. The minimum atomic E-state index is -0.454. The average molecular weight is 279 g/mol. The van der Waals surface area contributed by atoms with Crippen molar-refractivity contribution >= 4 is 17.3 Å². The van der Waals surface area contributed by atoms with Gasteiger partial charge in [0.2, 0.25) is 5.76 Å². The van der Waals surface area contributed by atoms with Crippen LogP contribution in [0.25, 0.3) is 0 Å². The van der Waals surface area contributed by atoms with Crippen LogP contribution in [0, 0.1) is 0 Å². The summed E-state index contributed by atoms with van der Waals surface area (Å²) in [6, 6.07) is 7.82. The van der Waals surface area contributed by atoms with Crippen LogP contribution in [0.3, 0.4) is 0 Å². The van der Waals surface area contributed by atoms with E-state index in [2.05, 4.69) is 28.4 Å². The second-order valence-electron chi connectivity index (χ2n) is 4.32. The Bertz CT molecular complexity index is 533. The van der Waals surface area contributed by atoms with Crippen molar-refractivity contribution in [3.8, 4) is 0 Å². The second kappa shape index (κ2) is 6.04. The molecule has 0 saturated carbocycles. The van der Waals surface area contributed by atoms with Gasteiger partial charge >= 0.3 is 5.97 Å². The largest absolute Gasteiger partial charge is 0.463 e. The molecule has 5 heteroatoms. The summed E-state index contributed by atoms with van der Waals surface area (Å²) < 4.78 is 10.1. The van der Waals surface area contributed by atoms with Gasteiger partial charge in [0.15, 0.2) is 0 Å². The second-order valence-corrected chi connectivity index (χ2v) is 5.30. The molecule has 4 nitrogen and oxygen atoms in total. The van der Waals surface area contributed by atoms with Gasteiger partial charge in [-0.2, -0.15) is 0 Å². The van der Waals surface area contributed by atoms with Crippen molar-refractivity contribution in [2.45, 2.75) is 25.9 Å². The Kier molecular flexibility index (Phi) is 4.39. The zero-order valence-corrected chi connectivity index (χ0v) is 12.0. The van der Waals surface area contributed by atoms with Gasteiger partial charge in [0.25, 0.3) is 0 Å². The molecule has 0 bridgehead atoms. The molecule has 0 fully saturated rings. The fourth-order valence-electron chi connectivity index (χ4n) is 1.87. The lowest BCUT2D eigenvalue weighted by Gasteiger charge is -2.17. The molecule has 0 aromatic carbocycles. The molecule has 1 N–H and O–H groups in total. The van der Waals surface area contributed by atoms with Crippen molar-refractivity contribution < 1.29 is 13.9 Å². The van der Waals surface area contributed by atoms with Gasteiger partial charge in [0, 0.05) is 10.9 Å². The molecular weight excluding hydrogens is 262 g/mol. The topological polar surface area (TPSA) is 51.5 Å². The smallest absolute Gasteiger partial charge is 0.373 e. The number of hydrogen-bond acceptors (Lipinski definition) is 5. The van der Waals surface area contributed by atoms with Crippen LogP contribution in [0.1, 0.15) is 47.1 Å². The van der Waals surface area contributed by atoms with Gasteiger partial charge in [-0.05, 0) is 37.4 Å². The van der Waals surface area contributed by atoms with Gasteiger partial charge in [-0.15, -0.1) is 11.3 Å². The highest BCUT2D eigenvalue weighted by Crippen LogP contribution is 2.23. The quantitative estimate of drug-likeness (QED) is 0.851. The molecule has 0 radical (unpaired) electrons. The van der Waals surface area contributed by atoms with Crippen molar-refractivity contribution in [3.05, 3.63) is 46.0 Å². The first kappa shape index (κ1) is 13.8. The SMILES string of the molecule is COC(=O)c1ccc(C(C)N[C@H](C)c2cccs2)o1. The first-order valence-electron chi connectivity index (χ1n) is 6.09. The Labute approximate surface area is 116 Å². The summed E-state index contributed by atoms with van der Waals surface area (Å²) in [6.45, 7) is 4.11. The van der Waals surface area contributed by atoms with Gasteiger partial charge < -0.3 is 14.5 Å².